The van der Waals surface area contributed by atoms with Crippen molar-refractivity contribution in [3.8, 4) is 5.69 Å². The molecule has 1 amide bonds. The molecule has 6 heteroatoms. The third-order valence-electron chi connectivity index (χ3n) is 3.61. The number of hydrogen-bond donors (Lipinski definition) is 0. The topological polar surface area (TPSA) is 55.2 Å². The number of aromatic nitrogens is 2. The second-order valence-electron chi connectivity index (χ2n) is 5.41. The summed E-state index contributed by atoms with van der Waals surface area (Å²) in [6.45, 7) is 3.72. The van der Waals surface area contributed by atoms with E-state index in [-0.39, 0.29) is 11.9 Å². The Morgan fingerprint density at radius 2 is 2.00 bits per heavy atom. The Balaban J connectivity index is 2.24. The molecule has 0 spiro atoms. The summed E-state index contributed by atoms with van der Waals surface area (Å²) in [5, 5.41) is 4.41. The van der Waals surface area contributed by atoms with Crippen LogP contribution in [-0.4, -0.2) is 49.9 Å². The van der Waals surface area contributed by atoms with Crippen LogP contribution in [0.4, 0.5) is 0 Å². The van der Waals surface area contributed by atoms with Gasteiger partial charge in [0, 0.05) is 42.1 Å². The van der Waals surface area contributed by atoms with Gasteiger partial charge in [0.15, 0.2) is 0 Å². The van der Waals surface area contributed by atoms with Gasteiger partial charge in [-0.2, -0.15) is 5.10 Å². The molecule has 0 bridgehead atoms. The quantitative estimate of drug-likeness (QED) is 0.847. The van der Waals surface area contributed by atoms with E-state index in [0.717, 1.165) is 5.69 Å². The van der Waals surface area contributed by atoms with E-state index in [4.69, 9.17) is 0 Å². The summed E-state index contributed by atoms with van der Waals surface area (Å²) in [5.74, 6) is 0.367. The maximum Gasteiger partial charge on any atom is 0.257 e. The van der Waals surface area contributed by atoms with Crippen LogP contribution in [-0.2, 0) is 10.8 Å². The molecule has 1 heterocycles. The van der Waals surface area contributed by atoms with Crippen LogP contribution >= 0.6 is 0 Å². The van der Waals surface area contributed by atoms with Gasteiger partial charge in [0.1, 0.15) is 0 Å². The third-order valence-corrected chi connectivity index (χ3v) is 4.56. The van der Waals surface area contributed by atoms with E-state index in [9.17, 15) is 9.00 Å². The molecule has 0 unspecified atom stereocenters. The van der Waals surface area contributed by atoms with Crippen molar-refractivity contribution in [2.45, 2.75) is 19.9 Å². The van der Waals surface area contributed by atoms with Crippen molar-refractivity contribution >= 4 is 16.7 Å². The largest absolute Gasteiger partial charge is 0.338 e. The van der Waals surface area contributed by atoms with Crippen LogP contribution in [0.5, 0.6) is 0 Å². The number of nitrogens with zero attached hydrogens (tertiary/aromatic N) is 3. The molecule has 0 N–H and O–H groups in total. The summed E-state index contributed by atoms with van der Waals surface area (Å²) in [6.07, 6.45) is 3.40. The second-order valence-corrected chi connectivity index (χ2v) is 6.89. The summed E-state index contributed by atoms with van der Waals surface area (Å²) < 4.78 is 13.0. The zero-order chi connectivity index (χ0) is 16.3. The third kappa shape index (κ3) is 3.62. The van der Waals surface area contributed by atoms with Crippen LogP contribution in [0.2, 0.25) is 0 Å². The van der Waals surface area contributed by atoms with Crippen molar-refractivity contribution in [2.24, 2.45) is 0 Å². The molecule has 0 saturated carbocycles. The molecular weight excluding hydrogens is 298 g/mol. The van der Waals surface area contributed by atoms with Gasteiger partial charge >= 0.3 is 0 Å². The number of hydrogen-bond acceptors (Lipinski definition) is 3. The fourth-order valence-electron chi connectivity index (χ4n) is 2.22. The van der Waals surface area contributed by atoms with E-state index >= 15 is 0 Å². The molecular formula is C16H21N3O2S. The van der Waals surface area contributed by atoms with Crippen molar-refractivity contribution in [1.82, 2.24) is 14.7 Å². The van der Waals surface area contributed by atoms with Gasteiger partial charge in [-0.25, -0.2) is 4.68 Å². The van der Waals surface area contributed by atoms with E-state index in [1.807, 2.05) is 44.2 Å². The lowest BCUT2D eigenvalue weighted by atomic mass is 10.2. The van der Waals surface area contributed by atoms with Crippen LogP contribution < -0.4 is 0 Å². The minimum atomic E-state index is -0.934. The summed E-state index contributed by atoms with van der Waals surface area (Å²) in [4.78, 5) is 14.2. The Bertz CT molecular complexity index is 682. The number of rotatable bonds is 5. The molecule has 22 heavy (non-hydrogen) atoms. The zero-order valence-corrected chi connectivity index (χ0v) is 14.1. The van der Waals surface area contributed by atoms with E-state index in [2.05, 4.69) is 5.10 Å². The highest BCUT2D eigenvalue weighted by Crippen LogP contribution is 2.14. The minimum Gasteiger partial charge on any atom is -0.338 e. The predicted octanol–water partition coefficient (Wildman–Crippen LogP) is 2.02. The molecule has 2 aromatic rings. The first-order chi connectivity index (χ1) is 10.4. The van der Waals surface area contributed by atoms with Crippen LogP contribution in [0.1, 0.15) is 23.0 Å². The number of aryl methyl sites for hydroxylation is 1. The maximum absolute atomic E-state index is 12.6. The number of carbonyl (C=O) groups excluding carboxylic acids is 1. The molecule has 0 aliphatic carbocycles. The SMILES string of the molecule is Cc1nn(-c2ccccc2)cc1C(=O)N(C)[C@H](C)C[S@@](C)=O. The Hall–Kier alpha value is -1.95. The van der Waals surface area contributed by atoms with Crippen LogP contribution in [0, 0.1) is 6.92 Å². The fraction of sp³-hybridized carbons (Fsp3) is 0.375. The molecule has 1 aromatic heterocycles. The number of carbonyl (C=O) groups is 1. The summed E-state index contributed by atoms with van der Waals surface area (Å²) in [5.41, 5.74) is 2.17. The average molecular weight is 319 g/mol. The molecule has 1 aromatic carbocycles. The van der Waals surface area contributed by atoms with Gasteiger partial charge in [0.25, 0.3) is 5.91 Å². The second kappa shape index (κ2) is 6.87. The van der Waals surface area contributed by atoms with Gasteiger partial charge in [-0.15, -0.1) is 0 Å². The van der Waals surface area contributed by atoms with E-state index in [1.54, 1.807) is 29.1 Å². The van der Waals surface area contributed by atoms with Gasteiger partial charge in [0.2, 0.25) is 0 Å². The first kappa shape index (κ1) is 16.4. The normalized spacial score (nSPS) is 13.6. The fourth-order valence-corrected chi connectivity index (χ4v) is 3.13. The molecule has 0 aliphatic rings. The van der Waals surface area contributed by atoms with E-state index in [0.29, 0.717) is 17.0 Å². The molecule has 5 nitrogen and oxygen atoms in total. The zero-order valence-electron chi connectivity index (χ0n) is 13.3. The van der Waals surface area contributed by atoms with Crippen LogP contribution in [0.3, 0.4) is 0 Å². The molecule has 0 saturated heterocycles. The summed E-state index contributed by atoms with van der Waals surface area (Å²) in [6, 6.07) is 9.59. The van der Waals surface area contributed by atoms with Crippen molar-refractivity contribution in [3.05, 3.63) is 47.8 Å². The first-order valence-corrected chi connectivity index (χ1v) is 8.81. The number of benzene rings is 1. The maximum atomic E-state index is 12.6. The molecule has 2 rings (SSSR count). The average Bonchev–Trinajstić information content (AvgIpc) is 2.88. The van der Waals surface area contributed by atoms with Gasteiger partial charge in [-0.05, 0) is 26.0 Å². The highest BCUT2D eigenvalue weighted by atomic mass is 32.2. The Kier molecular flexibility index (Phi) is 5.13. The van der Waals surface area contributed by atoms with E-state index < -0.39 is 10.8 Å². The molecule has 0 fully saturated rings. The molecule has 118 valence electrons. The monoisotopic (exact) mass is 319 g/mol. The van der Waals surface area contributed by atoms with Crippen molar-refractivity contribution in [2.75, 3.05) is 19.1 Å². The molecule has 0 aliphatic heterocycles. The van der Waals surface area contributed by atoms with Crippen molar-refractivity contribution in [1.29, 1.82) is 0 Å². The Morgan fingerprint density at radius 1 is 1.36 bits per heavy atom. The highest BCUT2D eigenvalue weighted by Gasteiger charge is 2.22. The predicted molar refractivity (Wildman–Crippen MR) is 88.8 cm³/mol. The van der Waals surface area contributed by atoms with E-state index in [1.165, 1.54) is 0 Å². The molecule has 0 radical (unpaired) electrons. The summed E-state index contributed by atoms with van der Waals surface area (Å²) >= 11 is 0. The number of amides is 1. The van der Waals surface area contributed by atoms with Crippen molar-refractivity contribution < 1.29 is 9.00 Å². The Morgan fingerprint density at radius 3 is 2.59 bits per heavy atom. The van der Waals surface area contributed by atoms with Gasteiger partial charge in [-0.3, -0.25) is 9.00 Å². The number of para-hydroxylation sites is 1. The lowest BCUT2D eigenvalue weighted by molar-refractivity contribution is 0.0756. The summed E-state index contributed by atoms with van der Waals surface area (Å²) in [7, 11) is 0.802. The standard InChI is InChI=1S/C16H21N3O2S/c1-12(11-22(4)21)18(3)16(20)15-10-19(17-13(15)2)14-8-6-5-7-9-14/h5-10,12H,11H2,1-4H3/t12-,22-/m1/s1. The molecule has 2 atom stereocenters. The first-order valence-electron chi connectivity index (χ1n) is 7.09. The lowest BCUT2D eigenvalue weighted by Crippen LogP contribution is -2.38. The van der Waals surface area contributed by atoms with Gasteiger partial charge in [0.05, 0.1) is 16.9 Å². The van der Waals surface area contributed by atoms with Gasteiger partial charge in [-0.1, -0.05) is 18.2 Å². The minimum absolute atomic E-state index is 0.0854. The van der Waals surface area contributed by atoms with Crippen LogP contribution in [0.15, 0.2) is 36.5 Å². The smallest absolute Gasteiger partial charge is 0.257 e. The lowest BCUT2D eigenvalue weighted by Gasteiger charge is -2.23. The van der Waals surface area contributed by atoms with Crippen molar-refractivity contribution in [3.63, 3.8) is 0 Å². The van der Waals surface area contributed by atoms with Gasteiger partial charge < -0.3 is 4.90 Å². The Labute approximate surface area is 133 Å². The highest BCUT2D eigenvalue weighted by molar-refractivity contribution is 7.84. The van der Waals surface area contributed by atoms with Crippen LogP contribution in [0.25, 0.3) is 5.69 Å².